The molecular weight excluding hydrogens is 435 g/mol. The molecular formula is C20H24Cl2N2O4S. The summed E-state index contributed by atoms with van der Waals surface area (Å²) in [6.45, 7) is 2.02. The van der Waals surface area contributed by atoms with Gasteiger partial charge in [0, 0.05) is 18.5 Å². The third kappa shape index (κ3) is 6.52. The first kappa shape index (κ1) is 23.3. The lowest BCUT2D eigenvalue weighted by molar-refractivity contribution is -0.121. The van der Waals surface area contributed by atoms with E-state index >= 15 is 0 Å². The molecule has 2 aromatic rings. The van der Waals surface area contributed by atoms with E-state index in [0.29, 0.717) is 22.9 Å². The van der Waals surface area contributed by atoms with Crippen LogP contribution in [0.15, 0.2) is 42.5 Å². The minimum absolute atomic E-state index is 0.146. The van der Waals surface area contributed by atoms with E-state index in [4.69, 9.17) is 27.9 Å². The molecule has 29 heavy (non-hydrogen) atoms. The van der Waals surface area contributed by atoms with Crippen LogP contribution in [0.1, 0.15) is 31.4 Å². The molecule has 158 valence electrons. The minimum Gasteiger partial charge on any atom is -0.496 e. The van der Waals surface area contributed by atoms with Crippen molar-refractivity contribution in [2.45, 2.75) is 25.8 Å². The van der Waals surface area contributed by atoms with Crippen LogP contribution in [0.4, 0.5) is 5.69 Å². The number of benzene rings is 2. The Balaban J connectivity index is 1.98. The van der Waals surface area contributed by atoms with Gasteiger partial charge in [-0.3, -0.25) is 9.10 Å². The number of hydrogen-bond donors (Lipinski definition) is 1. The molecule has 1 N–H and O–H groups in total. The highest BCUT2D eigenvalue weighted by Gasteiger charge is 2.19. The van der Waals surface area contributed by atoms with Crippen molar-refractivity contribution in [3.8, 4) is 5.75 Å². The van der Waals surface area contributed by atoms with Crippen LogP contribution in [0.5, 0.6) is 5.75 Å². The number of carbonyl (C=O) groups excluding carboxylic acids is 1. The summed E-state index contributed by atoms with van der Waals surface area (Å²) in [6.07, 6.45) is 1.63. The van der Waals surface area contributed by atoms with Crippen molar-refractivity contribution in [2.75, 3.05) is 24.2 Å². The lowest BCUT2D eigenvalue weighted by Crippen LogP contribution is -2.32. The molecule has 0 saturated heterocycles. The second kappa shape index (κ2) is 10.2. The van der Waals surface area contributed by atoms with E-state index in [1.165, 1.54) is 10.4 Å². The van der Waals surface area contributed by atoms with Gasteiger partial charge in [0.1, 0.15) is 5.75 Å². The molecule has 0 fully saturated rings. The number of sulfonamides is 1. The molecule has 0 radical (unpaired) electrons. The Morgan fingerprint density at radius 3 is 2.48 bits per heavy atom. The first-order valence-electron chi connectivity index (χ1n) is 8.98. The monoisotopic (exact) mass is 458 g/mol. The van der Waals surface area contributed by atoms with Crippen molar-refractivity contribution in [2.24, 2.45) is 0 Å². The lowest BCUT2D eigenvalue weighted by Gasteiger charge is -2.23. The van der Waals surface area contributed by atoms with Crippen LogP contribution in [0.25, 0.3) is 0 Å². The third-order valence-electron chi connectivity index (χ3n) is 4.34. The van der Waals surface area contributed by atoms with Crippen LogP contribution < -0.4 is 14.4 Å². The SMILES string of the molecule is COc1ccccc1[C@@H](C)NC(=O)CCCN(c1ccc(Cl)c(Cl)c1)S(C)(=O)=O. The van der Waals surface area contributed by atoms with Crippen LogP contribution in [-0.4, -0.2) is 34.2 Å². The van der Waals surface area contributed by atoms with Crippen molar-refractivity contribution in [1.29, 1.82) is 0 Å². The van der Waals surface area contributed by atoms with Gasteiger partial charge < -0.3 is 10.1 Å². The maximum absolute atomic E-state index is 12.3. The Labute approximate surface area is 181 Å². The highest BCUT2D eigenvalue weighted by atomic mass is 35.5. The Morgan fingerprint density at radius 2 is 1.86 bits per heavy atom. The minimum atomic E-state index is -3.54. The lowest BCUT2D eigenvalue weighted by atomic mass is 10.1. The Morgan fingerprint density at radius 1 is 1.17 bits per heavy atom. The van der Waals surface area contributed by atoms with E-state index in [-0.39, 0.29) is 29.9 Å². The van der Waals surface area contributed by atoms with E-state index < -0.39 is 10.0 Å². The number of nitrogens with zero attached hydrogens (tertiary/aromatic N) is 1. The van der Waals surface area contributed by atoms with Gasteiger partial charge in [-0.2, -0.15) is 0 Å². The number of anilines is 1. The predicted octanol–water partition coefficient (Wildman–Crippen LogP) is 4.43. The van der Waals surface area contributed by atoms with Gasteiger partial charge in [-0.1, -0.05) is 41.4 Å². The summed E-state index contributed by atoms with van der Waals surface area (Å²) in [5.41, 5.74) is 1.28. The first-order valence-corrected chi connectivity index (χ1v) is 11.6. The summed E-state index contributed by atoms with van der Waals surface area (Å²) in [7, 11) is -1.96. The number of amides is 1. The summed E-state index contributed by atoms with van der Waals surface area (Å²) in [6, 6.07) is 11.8. The normalized spacial score (nSPS) is 12.3. The number of ether oxygens (including phenoxy) is 1. The van der Waals surface area contributed by atoms with Crippen molar-refractivity contribution in [3.63, 3.8) is 0 Å². The van der Waals surface area contributed by atoms with Gasteiger partial charge in [0.2, 0.25) is 15.9 Å². The predicted molar refractivity (Wildman–Crippen MR) is 117 cm³/mol. The smallest absolute Gasteiger partial charge is 0.232 e. The fraction of sp³-hybridized carbons (Fsp3) is 0.350. The zero-order valence-electron chi connectivity index (χ0n) is 16.5. The van der Waals surface area contributed by atoms with Crippen molar-refractivity contribution >= 4 is 44.8 Å². The van der Waals surface area contributed by atoms with Crippen molar-refractivity contribution < 1.29 is 17.9 Å². The second-order valence-corrected chi connectivity index (χ2v) is 9.29. The Bertz CT molecular complexity index is 967. The first-order chi connectivity index (χ1) is 13.6. The molecule has 1 amide bonds. The Hall–Kier alpha value is -1.96. The van der Waals surface area contributed by atoms with Gasteiger partial charge >= 0.3 is 0 Å². The van der Waals surface area contributed by atoms with E-state index in [1.54, 1.807) is 19.2 Å². The van der Waals surface area contributed by atoms with E-state index in [9.17, 15) is 13.2 Å². The van der Waals surface area contributed by atoms with Crippen molar-refractivity contribution in [3.05, 3.63) is 58.1 Å². The fourth-order valence-corrected chi connectivity index (χ4v) is 4.17. The number of nitrogens with one attached hydrogen (secondary N) is 1. The number of rotatable bonds is 9. The Kier molecular flexibility index (Phi) is 8.19. The van der Waals surface area contributed by atoms with Crippen molar-refractivity contribution in [1.82, 2.24) is 5.32 Å². The number of hydrogen-bond acceptors (Lipinski definition) is 4. The standard InChI is InChI=1S/C20H24Cl2N2O4S/c1-14(16-7-4-5-8-19(16)28-2)23-20(25)9-6-12-24(29(3,26)27)15-10-11-17(21)18(22)13-15/h4-5,7-8,10-11,13-14H,6,9,12H2,1-3H3,(H,23,25)/t14-/m1/s1. The molecule has 0 unspecified atom stereocenters. The fourth-order valence-electron chi connectivity index (χ4n) is 2.93. The topological polar surface area (TPSA) is 75.7 Å². The summed E-state index contributed by atoms with van der Waals surface area (Å²) < 4.78 is 30.9. The molecule has 2 aromatic carbocycles. The summed E-state index contributed by atoms with van der Waals surface area (Å²) in [4.78, 5) is 12.3. The van der Waals surface area contributed by atoms with Crippen LogP contribution in [-0.2, 0) is 14.8 Å². The van der Waals surface area contributed by atoms with Crippen LogP contribution in [0, 0.1) is 0 Å². The molecule has 6 nitrogen and oxygen atoms in total. The molecule has 0 aromatic heterocycles. The quantitative estimate of drug-likeness (QED) is 0.602. The maximum Gasteiger partial charge on any atom is 0.232 e. The summed E-state index contributed by atoms with van der Waals surface area (Å²) in [5, 5.41) is 3.52. The molecule has 0 bridgehead atoms. The van der Waals surface area contributed by atoms with Gasteiger partial charge in [-0.15, -0.1) is 0 Å². The van der Waals surface area contributed by atoms with Gasteiger partial charge in [-0.25, -0.2) is 8.42 Å². The van der Waals surface area contributed by atoms with Crippen LogP contribution in [0.3, 0.4) is 0 Å². The van der Waals surface area contributed by atoms with E-state index in [1.807, 2.05) is 31.2 Å². The number of methoxy groups -OCH3 is 1. The van der Waals surface area contributed by atoms with E-state index in [0.717, 1.165) is 11.8 Å². The number of halogens is 2. The molecule has 1 atom stereocenters. The molecule has 0 aliphatic heterocycles. The number of para-hydroxylation sites is 1. The number of carbonyl (C=O) groups is 1. The van der Waals surface area contributed by atoms with Gasteiger partial charge in [0.25, 0.3) is 0 Å². The molecule has 0 aliphatic carbocycles. The molecule has 9 heteroatoms. The third-order valence-corrected chi connectivity index (χ3v) is 6.27. The second-order valence-electron chi connectivity index (χ2n) is 6.57. The zero-order chi connectivity index (χ0) is 21.6. The largest absolute Gasteiger partial charge is 0.496 e. The average Bonchev–Trinajstić information content (AvgIpc) is 2.66. The van der Waals surface area contributed by atoms with Crippen LogP contribution >= 0.6 is 23.2 Å². The highest BCUT2D eigenvalue weighted by molar-refractivity contribution is 7.92. The molecule has 0 aliphatic rings. The van der Waals surface area contributed by atoms with E-state index in [2.05, 4.69) is 5.32 Å². The molecule has 0 saturated carbocycles. The molecule has 0 spiro atoms. The average molecular weight is 459 g/mol. The molecule has 0 heterocycles. The van der Waals surface area contributed by atoms with Crippen LogP contribution in [0.2, 0.25) is 10.0 Å². The zero-order valence-corrected chi connectivity index (χ0v) is 18.8. The molecule has 2 rings (SSSR count). The highest BCUT2D eigenvalue weighted by Crippen LogP contribution is 2.29. The van der Waals surface area contributed by atoms with Gasteiger partial charge in [-0.05, 0) is 37.6 Å². The summed E-state index contributed by atoms with van der Waals surface area (Å²) in [5.74, 6) is 0.522. The maximum atomic E-state index is 12.3. The van der Waals surface area contributed by atoms with Gasteiger partial charge in [0.05, 0.1) is 35.1 Å². The summed E-state index contributed by atoms with van der Waals surface area (Å²) >= 11 is 11.9. The van der Waals surface area contributed by atoms with Gasteiger partial charge in [0.15, 0.2) is 0 Å².